The number of piperidine rings is 3. The van der Waals surface area contributed by atoms with Gasteiger partial charge in [0.2, 0.25) is 0 Å². The average molecular weight is 372 g/mol. The largest absolute Gasteiger partial charge is 0.493 e. The first-order chi connectivity index (χ1) is 13.2. The van der Waals surface area contributed by atoms with Gasteiger partial charge >= 0.3 is 0 Å². The number of ketones is 1. The van der Waals surface area contributed by atoms with Crippen LogP contribution in [-0.2, 0) is 4.79 Å². The number of unbranched alkanes of at least 4 members (excludes halogenated alkanes) is 1. The predicted molar refractivity (Wildman–Crippen MR) is 109 cm³/mol. The maximum Gasteiger partial charge on any atom is 0.182 e. The van der Waals surface area contributed by atoms with E-state index in [-0.39, 0.29) is 5.92 Å². The summed E-state index contributed by atoms with van der Waals surface area (Å²) in [6.07, 6.45) is 8.81. The lowest BCUT2D eigenvalue weighted by Gasteiger charge is -2.41. The SMILES string of the molecule is CCCCC(CC)COc1cc(C=C2C(=O)C3CCN2CC3)ccc1OC. The lowest BCUT2D eigenvalue weighted by atomic mass is 9.84. The number of fused-ring (bicyclic) bond motifs is 3. The van der Waals surface area contributed by atoms with Crippen LogP contribution in [0.3, 0.4) is 0 Å². The van der Waals surface area contributed by atoms with E-state index in [1.54, 1.807) is 7.11 Å². The molecule has 1 aromatic carbocycles. The molecule has 4 rings (SSSR count). The van der Waals surface area contributed by atoms with E-state index in [1.165, 1.54) is 19.3 Å². The molecular formula is C23H33NO3. The Hall–Kier alpha value is -1.97. The van der Waals surface area contributed by atoms with Gasteiger partial charge in [0.25, 0.3) is 0 Å². The zero-order chi connectivity index (χ0) is 19.2. The molecule has 0 N–H and O–H groups in total. The first-order valence-corrected chi connectivity index (χ1v) is 10.5. The number of nitrogens with zero attached hydrogens (tertiary/aromatic N) is 1. The van der Waals surface area contributed by atoms with Crippen molar-refractivity contribution in [1.29, 1.82) is 0 Å². The average Bonchev–Trinajstić information content (AvgIpc) is 2.71. The number of benzene rings is 1. The number of methoxy groups -OCH3 is 1. The fourth-order valence-electron chi connectivity index (χ4n) is 4.07. The number of carbonyl (C=O) groups excluding carboxylic acids is 1. The Morgan fingerprint density at radius 2 is 2.00 bits per heavy atom. The van der Waals surface area contributed by atoms with Crippen molar-refractivity contribution < 1.29 is 14.3 Å². The molecule has 27 heavy (non-hydrogen) atoms. The van der Waals surface area contributed by atoms with Crippen molar-refractivity contribution in [3.05, 3.63) is 29.5 Å². The van der Waals surface area contributed by atoms with Crippen LogP contribution in [-0.4, -0.2) is 37.5 Å². The number of rotatable bonds is 9. The molecule has 0 saturated carbocycles. The van der Waals surface area contributed by atoms with E-state index >= 15 is 0 Å². The lowest BCUT2D eigenvalue weighted by Crippen LogP contribution is -2.45. The van der Waals surface area contributed by atoms with Crippen molar-refractivity contribution in [1.82, 2.24) is 4.90 Å². The Labute approximate surface area is 163 Å². The fourth-order valence-corrected chi connectivity index (χ4v) is 4.07. The minimum Gasteiger partial charge on any atom is -0.493 e. The second-order valence-corrected chi connectivity index (χ2v) is 7.79. The van der Waals surface area contributed by atoms with Crippen LogP contribution >= 0.6 is 0 Å². The number of allylic oxidation sites excluding steroid dienone is 1. The van der Waals surface area contributed by atoms with Crippen LogP contribution in [0, 0.1) is 11.8 Å². The normalized spacial score (nSPS) is 19.6. The topological polar surface area (TPSA) is 38.8 Å². The zero-order valence-electron chi connectivity index (χ0n) is 17.0. The molecular weight excluding hydrogens is 338 g/mol. The number of ether oxygens (including phenoxy) is 2. The number of carbonyl (C=O) groups is 1. The standard InChI is InChI=1S/C23H33NO3/c1-4-6-7-17(5-2)16-27-22-15-18(8-9-21(22)26-3)14-20-23(25)19-10-12-24(20)13-11-19/h8-9,14-15,17,19H,4-7,10-13,16H2,1-3H3. The zero-order valence-corrected chi connectivity index (χ0v) is 17.0. The molecule has 0 radical (unpaired) electrons. The Morgan fingerprint density at radius 3 is 2.63 bits per heavy atom. The third-order valence-electron chi connectivity index (χ3n) is 5.97. The molecule has 148 valence electrons. The first-order valence-electron chi connectivity index (χ1n) is 10.5. The maximum absolute atomic E-state index is 12.6. The molecule has 2 bridgehead atoms. The molecule has 3 heterocycles. The van der Waals surface area contributed by atoms with E-state index in [9.17, 15) is 4.79 Å². The summed E-state index contributed by atoms with van der Waals surface area (Å²) in [4.78, 5) is 14.8. The smallest absolute Gasteiger partial charge is 0.182 e. The summed E-state index contributed by atoms with van der Waals surface area (Å²) in [6, 6.07) is 5.95. The molecule has 4 heteroatoms. The predicted octanol–water partition coefficient (Wildman–Crippen LogP) is 4.93. The highest BCUT2D eigenvalue weighted by molar-refractivity contribution is 6.01. The second kappa shape index (κ2) is 9.29. The third kappa shape index (κ3) is 4.66. The Bertz CT molecular complexity index is 674. The molecule has 4 nitrogen and oxygen atoms in total. The van der Waals surface area contributed by atoms with Gasteiger partial charge in [-0.3, -0.25) is 4.79 Å². The van der Waals surface area contributed by atoms with E-state index in [0.717, 1.165) is 55.1 Å². The summed E-state index contributed by atoms with van der Waals surface area (Å²) in [5.74, 6) is 2.61. The molecule has 3 saturated heterocycles. The van der Waals surface area contributed by atoms with Gasteiger partial charge in [-0.05, 0) is 49.0 Å². The van der Waals surface area contributed by atoms with Gasteiger partial charge in [-0.2, -0.15) is 0 Å². The van der Waals surface area contributed by atoms with Gasteiger partial charge in [0.15, 0.2) is 17.3 Å². The maximum atomic E-state index is 12.6. The Morgan fingerprint density at radius 1 is 1.22 bits per heavy atom. The van der Waals surface area contributed by atoms with Crippen molar-refractivity contribution in [3.8, 4) is 11.5 Å². The molecule has 0 aliphatic carbocycles. The quantitative estimate of drug-likeness (QED) is 0.577. The van der Waals surface area contributed by atoms with Crippen molar-refractivity contribution in [2.24, 2.45) is 11.8 Å². The molecule has 3 fully saturated rings. The summed E-state index contributed by atoms with van der Waals surface area (Å²) in [6.45, 7) is 7.15. The highest BCUT2D eigenvalue weighted by atomic mass is 16.5. The van der Waals surface area contributed by atoms with E-state index < -0.39 is 0 Å². The molecule has 3 aliphatic rings. The van der Waals surface area contributed by atoms with Crippen LogP contribution in [0.1, 0.15) is 57.9 Å². The van der Waals surface area contributed by atoms with E-state index in [1.807, 2.05) is 24.3 Å². The second-order valence-electron chi connectivity index (χ2n) is 7.79. The lowest BCUT2D eigenvalue weighted by molar-refractivity contribution is -0.125. The highest BCUT2D eigenvalue weighted by Gasteiger charge is 2.36. The molecule has 1 unspecified atom stereocenters. The summed E-state index contributed by atoms with van der Waals surface area (Å²) < 4.78 is 11.6. The molecule has 0 aromatic heterocycles. The van der Waals surface area contributed by atoms with Crippen molar-refractivity contribution in [2.45, 2.75) is 52.4 Å². The van der Waals surface area contributed by atoms with E-state index in [0.29, 0.717) is 18.3 Å². The van der Waals surface area contributed by atoms with Crippen molar-refractivity contribution in [3.63, 3.8) is 0 Å². The van der Waals surface area contributed by atoms with Gasteiger partial charge in [0.1, 0.15) is 0 Å². The third-order valence-corrected chi connectivity index (χ3v) is 5.97. The number of Topliss-reactive ketones (excluding diaryl/α,β-unsaturated/α-hetero) is 1. The molecule has 0 spiro atoms. The highest BCUT2D eigenvalue weighted by Crippen LogP contribution is 2.34. The van der Waals surface area contributed by atoms with Crippen LogP contribution < -0.4 is 9.47 Å². The van der Waals surface area contributed by atoms with Crippen LogP contribution in [0.2, 0.25) is 0 Å². The fraction of sp³-hybridized carbons (Fsp3) is 0.609. The van der Waals surface area contributed by atoms with Gasteiger partial charge in [-0.25, -0.2) is 0 Å². The van der Waals surface area contributed by atoms with E-state index in [4.69, 9.17) is 9.47 Å². The number of hydrogen-bond acceptors (Lipinski definition) is 4. The van der Waals surface area contributed by atoms with Crippen LogP contribution in [0.4, 0.5) is 0 Å². The summed E-state index contributed by atoms with van der Waals surface area (Å²) >= 11 is 0. The summed E-state index contributed by atoms with van der Waals surface area (Å²) in [5, 5.41) is 0. The molecule has 3 aliphatic heterocycles. The van der Waals surface area contributed by atoms with Gasteiger partial charge in [-0.1, -0.05) is 39.2 Å². The monoisotopic (exact) mass is 371 g/mol. The van der Waals surface area contributed by atoms with Crippen LogP contribution in [0.15, 0.2) is 23.9 Å². The minimum atomic E-state index is 0.221. The van der Waals surface area contributed by atoms with E-state index in [2.05, 4.69) is 18.7 Å². The minimum absolute atomic E-state index is 0.221. The summed E-state index contributed by atoms with van der Waals surface area (Å²) in [7, 11) is 1.67. The first kappa shape index (κ1) is 19.8. The summed E-state index contributed by atoms with van der Waals surface area (Å²) in [5.41, 5.74) is 1.87. The number of hydrogen-bond donors (Lipinski definition) is 0. The van der Waals surface area contributed by atoms with Gasteiger partial charge in [-0.15, -0.1) is 0 Å². The van der Waals surface area contributed by atoms with Gasteiger partial charge < -0.3 is 14.4 Å². The van der Waals surface area contributed by atoms with Crippen LogP contribution in [0.5, 0.6) is 11.5 Å². The molecule has 1 aromatic rings. The van der Waals surface area contributed by atoms with Gasteiger partial charge in [0.05, 0.1) is 19.4 Å². The van der Waals surface area contributed by atoms with Gasteiger partial charge in [0, 0.05) is 19.0 Å². The van der Waals surface area contributed by atoms with Crippen molar-refractivity contribution >= 4 is 11.9 Å². The molecule has 0 amide bonds. The Kier molecular flexibility index (Phi) is 6.81. The molecule has 1 atom stereocenters. The van der Waals surface area contributed by atoms with Crippen LogP contribution in [0.25, 0.3) is 6.08 Å². The van der Waals surface area contributed by atoms with Crippen molar-refractivity contribution in [2.75, 3.05) is 26.8 Å². The Balaban J connectivity index is 1.75.